The number of carbonyl (C=O) groups is 1. The van der Waals surface area contributed by atoms with Gasteiger partial charge >= 0.3 is 0 Å². The molecule has 1 N–H and O–H groups in total. The summed E-state index contributed by atoms with van der Waals surface area (Å²) in [6.45, 7) is 3.43. The predicted octanol–water partition coefficient (Wildman–Crippen LogP) is 2.52. The first kappa shape index (κ1) is 18.9. The van der Waals surface area contributed by atoms with Gasteiger partial charge in [-0.25, -0.2) is 12.8 Å². The minimum atomic E-state index is -3.63. The summed E-state index contributed by atoms with van der Waals surface area (Å²) >= 11 is 0. The number of aryl methyl sites for hydroxylation is 2. The van der Waals surface area contributed by atoms with Crippen LogP contribution in [0, 0.1) is 19.7 Å². The number of rotatable bonds is 6. The van der Waals surface area contributed by atoms with Crippen molar-refractivity contribution in [1.82, 2.24) is 5.32 Å². The number of carbonyl (C=O) groups excluding carboxylic acids is 1. The van der Waals surface area contributed by atoms with E-state index in [1.165, 1.54) is 12.1 Å². The van der Waals surface area contributed by atoms with E-state index in [0.717, 1.165) is 21.7 Å². The van der Waals surface area contributed by atoms with Crippen LogP contribution in [0.3, 0.4) is 0 Å². The SMILES string of the molecule is Cc1ccc(C)c(N(CC(=O)NCc2cccc(F)c2)S(C)(=O)=O)c1. The molecule has 0 saturated heterocycles. The average molecular weight is 364 g/mol. The molecule has 0 radical (unpaired) electrons. The van der Waals surface area contributed by atoms with Gasteiger partial charge in [-0.05, 0) is 48.7 Å². The van der Waals surface area contributed by atoms with E-state index in [-0.39, 0.29) is 18.9 Å². The molecule has 5 nitrogen and oxygen atoms in total. The lowest BCUT2D eigenvalue weighted by molar-refractivity contribution is -0.119. The number of benzene rings is 2. The molecule has 2 aromatic rings. The zero-order valence-electron chi connectivity index (χ0n) is 14.4. The van der Waals surface area contributed by atoms with Crippen molar-refractivity contribution in [2.45, 2.75) is 20.4 Å². The van der Waals surface area contributed by atoms with Crippen molar-refractivity contribution < 1.29 is 17.6 Å². The molecule has 7 heteroatoms. The topological polar surface area (TPSA) is 66.5 Å². The third-order valence-corrected chi connectivity index (χ3v) is 4.83. The van der Waals surface area contributed by atoms with Crippen molar-refractivity contribution in [3.05, 3.63) is 65.0 Å². The lowest BCUT2D eigenvalue weighted by Gasteiger charge is -2.24. The summed E-state index contributed by atoms with van der Waals surface area (Å²) < 4.78 is 38.5. The van der Waals surface area contributed by atoms with Crippen LogP contribution in [0.4, 0.5) is 10.1 Å². The number of amides is 1. The number of nitrogens with zero attached hydrogens (tertiary/aromatic N) is 1. The van der Waals surface area contributed by atoms with Crippen LogP contribution < -0.4 is 9.62 Å². The molecule has 0 aliphatic heterocycles. The fraction of sp³-hybridized carbons (Fsp3) is 0.278. The Labute approximate surface area is 147 Å². The van der Waals surface area contributed by atoms with E-state index in [1.54, 1.807) is 25.1 Å². The summed E-state index contributed by atoms with van der Waals surface area (Å²) in [7, 11) is -3.63. The monoisotopic (exact) mass is 364 g/mol. The van der Waals surface area contributed by atoms with Gasteiger partial charge in [0.05, 0.1) is 11.9 Å². The normalized spacial score (nSPS) is 11.2. The van der Waals surface area contributed by atoms with Crippen molar-refractivity contribution in [2.75, 3.05) is 17.1 Å². The first-order valence-electron chi connectivity index (χ1n) is 7.73. The van der Waals surface area contributed by atoms with Crippen LogP contribution in [-0.4, -0.2) is 27.1 Å². The quantitative estimate of drug-likeness (QED) is 0.857. The largest absolute Gasteiger partial charge is 0.350 e. The van der Waals surface area contributed by atoms with Gasteiger partial charge in [0.15, 0.2) is 0 Å². The molecule has 0 unspecified atom stereocenters. The lowest BCUT2D eigenvalue weighted by atomic mass is 10.1. The molecule has 0 bridgehead atoms. The number of halogens is 1. The number of nitrogens with one attached hydrogen (secondary N) is 1. The van der Waals surface area contributed by atoms with E-state index in [9.17, 15) is 17.6 Å². The minimum Gasteiger partial charge on any atom is -0.350 e. The summed E-state index contributed by atoms with van der Waals surface area (Å²) in [5, 5.41) is 2.62. The molecule has 134 valence electrons. The van der Waals surface area contributed by atoms with Crippen molar-refractivity contribution in [2.24, 2.45) is 0 Å². The van der Waals surface area contributed by atoms with Crippen LogP contribution >= 0.6 is 0 Å². The summed E-state index contributed by atoms with van der Waals surface area (Å²) in [5.74, 6) is -0.851. The Hall–Kier alpha value is -2.41. The van der Waals surface area contributed by atoms with Crippen molar-refractivity contribution in [3.63, 3.8) is 0 Å². The second-order valence-corrected chi connectivity index (χ2v) is 7.87. The number of sulfonamides is 1. The average Bonchev–Trinajstić information content (AvgIpc) is 2.52. The number of anilines is 1. The van der Waals surface area contributed by atoms with Gasteiger partial charge in [0.25, 0.3) is 0 Å². The minimum absolute atomic E-state index is 0.126. The summed E-state index contributed by atoms with van der Waals surface area (Å²) in [6, 6.07) is 11.3. The van der Waals surface area contributed by atoms with Gasteiger partial charge in [0.2, 0.25) is 15.9 Å². The molecule has 1 amide bonds. The molecule has 0 spiro atoms. The molecule has 25 heavy (non-hydrogen) atoms. The highest BCUT2D eigenvalue weighted by molar-refractivity contribution is 7.92. The van der Waals surface area contributed by atoms with Gasteiger partial charge in [-0.1, -0.05) is 24.3 Å². The Morgan fingerprint density at radius 1 is 1.16 bits per heavy atom. The Morgan fingerprint density at radius 3 is 2.52 bits per heavy atom. The molecular formula is C18H21FN2O3S. The predicted molar refractivity (Wildman–Crippen MR) is 96.4 cm³/mol. The highest BCUT2D eigenvalue weighted by Gasteiger charge is 2.22. The summed E-state index contributed by atoms with van der Waals surface area (Å²) in [6.07, 6.45) is 1.06. The highest BCUT2D eigenvalue weighted by atomic mass is 32.2. The first-order valence-corrected chi connectivity index (χ1v) is 9.58. The van der Waals surface area contributed by atoms with Crippen LogP contribution in [0.1, 0.15) is 16.7 Å². The second kappa shape index (κ2) is 7.65. The van der Waals surface area contributed by atoms with Crippen molar-refractivity contribution >= 4 is 21.6 Å². The summed E-state index contributed by atoms with van der Waals surface area (Å²) in [4.78, 5) is 12.2. The third kappa shape index (κ3) is 5.29. The molecule has 0 fully saturated rings. The molecule has 0 aliphatic rings. The molecule has 0 aliphatic carbocycles. The molecule has 0 heterocycles. The fourth-order valence-electron chi connectivity index (χ4n) is 2.40. The van der Waals surface area contributed by atoms with Crippen molar-refractivity contribution in [1.29, 1.82) is 0 Å². The number of hydrogen-bond donors (Lipinski definition) is 1. The Morgan fingerprint density at radius 2 is 1.88 bits per heavy atom. The highest BCUT2D eigenvalue weighted by Crippen LogP contribution is 2.23. The molecule has 0 aromatic heterocycles. The molecule has 0 saturated carbocycles. The molecule has 2 aromatic carbocycles. The molecule has 2 rings (SSSR count). The zero-order chi connectivity index (χ0) is 18.6. The van der Waals surface area contributed by atoms with Crippen molar-refractivity contribution in [3.8, 4) is 0 Å². The van der Waals surface area contributed by atoms with Gasteiger partial charge < -0.3 is 5.32 Å². The van der Waals surface area contributed by atoms with Crippen LogP contribution in [0.2, 0.25) is 0 Å². The van der Waals surface area contributed by atoms with E-state index < -0.39 is 15.9 Å². The maximum Gasteiger partial charge on any atom is 0.241 e. The molecular weight excluding hydrogens is 343 g/mol. The summed E-state index contributed by atoms with van der Waals surface area (Å²) in [5.41, 5.74) is 2.73. The van der Waals surface area contributed by atoms with Gasteiger partial charge in [-0.15, -0.1) is 0 Å². The van der Waals surface area contributed by atoms with E-state index in [2.05, 4.69) is 5.32 Å². The lowest BCUT2D eigenvalue weighted by Crippen LogP contribution is -2.40. The Bertz CT molecular complexity index is 882. The van der Waals surface area contributed by atoms with E-state index >= 15 is 0 Å². The van der Waals surface area contributed by atoms with Crippen LogP contribution in [-0.2, 0) is 21.4 Å². The van der Waals surface area contributed by atoms with Crippen LogP contribution in [0.15, 0.2) is 42.5 Å². The fourth-order valence-corrected chi connectivity index (χ4v) is 3.31. The van der Waals surface area contributed by atoms with Crippen LogP contribution in [0.5, 0.6) is 0 Å². The smallest absolute Gasteiger partial charge is 0.241 e. The molecule has 0 atom stereocenters. The van der Waals surface area contributed by atoms with Gasteiger partial charge in [0, 0.05) is 6.54 Å². The third-order valence-electron chi connectivity index (χ3n) is 3.70. The Kier molecular flexibility index (Phi) is 5.79. The number of hydrogen-bond acceptors (Lipinski definition) is 3. The first-order chi connectivity index (χ1) is 11.7. The standard InChI is InChI=1S/C18H21FN2O3S/c1-13-7-8-14(2)17(9-13)21(25(3,23)24)12-18(22)20-11-15-5-4-6-16(19)10-15/h4-10H,11-12H2,1-3H3,(H,20,22). The maximum absolute atomic E-state index is 13.2. The van der Waals surface area contributed by atoms with E-state index in [4.69, 9.17) is 0 Å². The maximum atomic E-state index is 13.2. The van der Waals surface area contributed by atoms with Gasteiger partial charge in [0.1, 0.15) is 12.4 Å². The van der Waals surface area contributed by atoms with Crippen LogP contribution in [0.25, 0.3) is 0 Å². The van der Waals surface area contributed by atoms with E-state index in [1.807, 2.05) is 19.1 Å². The van der Waals surface area contributed by atoms with E-state index in [0.29, 0.717) is 11.3 Å². The van der Waals surface area contributed by atoms with Gasteiger partial charge in [-0.2, -0.15) is 0 Å². The van der Waals surface area contributed by atoms with Gasteiger partial charge in [-0.3, -0.25) is 9.10 Å². The zero-order valence-corrected chi connectivity index (χ0v) is 15.2. The second-order valence-electron chi connectivity index (χ2n) is 5.97. The Balaban J connectivity index is 2.15.